The van der Waals surface area contributed by atoms with E-state index in [1.807, 2.05) is 20.8 Å². The molecule has 0 atom stereocenters. The SMILES string of the molecule is CC.CC=N/C=C\N=NC. The van der Waals surface area contributed by atoms with E-state index < -0.39 is 0 Å². The van der Waals surface area contributed by atoms with Crippen molar-refractivity contribution in [2.45, 2.75) is 20.8 Å². The van der Waals surface area contributed by atoms with Crippen molar-refractivity contribution in [2.24, 2.45) is 15.2 Å². The van der Waals surface area contributed by atoms with Gasteiger partial charge in [0.1, 0.15) is 0 Å². The van der Waals surface area contributed by atoms with Gasteiger partial charge in [0, 0.05) is 19.5 Å². The van der Waals surface area contributed by atoms with Crippen molar-refractivity contribution in [1.29, 1.82) is 0 Å². The van der Waals surface area contributed by atoms with E-state index in [2.05, 4.69) is 15.2 Å². The minimum absolute atomic E-state index is 1.53. The lowest BCUT2D eigenvalue weighted by Gasteiger charge is -1.68. The van der Waals surface area contributed by atoms with Crippen molar-refractivity contribution in [1.82, 2.24) is 0 Å². The quantitative estimate of drug-likeness (QED) is 0.419. The molecule has 0 bridgehead atoms. The Hall–Kier alpha value is -0.990. The zero-order valence-corrected chi connectivity index (χ0v) is 7.07. The van der Waals surface area contributed by atoms with E-state index in [1.54, 1.807) is 19.5 Å². The van der Waals surface area contributed by atoms with E-state index in [0.717, 1.165) is 0 Å². The molecule has 0 aromatic heterocycles. The van der Waals surface area contributed by atoms with Crippen molar-refractivity contribution in [3.8, 4) is 0 Å². The smallest absolute Gasteiger partial charge is 0.0673 e. The standard InChI is InChI=1S/C5H9N3.C2H6/c1-3-7-4-5-8-6-2;1-2/h3-5H,1-2H3;1-2H3/b5-4-,7-3?,8-6?;. The fraction of sp³-hybridized carbons (Fsp3) is 0.571. The van der Waals surface area contributed by atoms with Crippen LogP contribution in [0.1, 0.15) is 20.8 Å². The number of rotatable bonds is 2. The van der Waals surface area contributed by atoms with Crippen molar-refractivity contribution < 1.29 is 0 Å². The summed E-state index contributed by atoms with van der Waals surface area (Å²) in [7, 11) is 1.61. The van der Waals surface area contributed by atoms with Crippen LogP contribution in [0.3, 0.4) is 0 Å². The summed E-state index contributed by atoms with van der Waals surface area (Å²) >= 11 is 0. The van der Waals surface area contributed by atoms with E-state index in [9.17, 15) is 0 Å². The lowest BCUT2D eigenvalue weighted by atomic mass is 10.8. The van der Waals surface area contributed by atoms with Gasteiger partial charge in [0.15, 0.2) is 0 Å². The molecule has 0 N–H and O–H groups in total. The highest BCUT2D eigenvalue weighted by Gasteiger charge is 1.56. The minimum Gasteiger partial charge on any atom is -0.268 e. The van der Waals surface area contributed by atoms with Gasteiger partial charge >= 0.3 is 0 Å². The molecule has 0 aliphatic rings. The third-order valence-corrected chi connectivity index (χ3v) is 0.484. The van der Waals surface area contributed by atoms with Crippen LogP contribution in [0.25, 0.3) is 0 Å². The molecular formula is C7H15N3. The van der Waals surface area contributed by atoms with Gasteiger partial charge in [0.25, 0.3) is 0 Å². The first-order valence-corrected chi connectivity index (χ1v) is 3.33. The maximum absolute atomic E-state index is 3.75. The Morgan fingerprint density at radius 3 is 2.10 bits per heavy atom. The molecule has 58 valence electrons. The molecule has 0 amide bonds. The topological polar surface area (TPSA) is 37.1 Å². The number of azo groups is 1. The second-order valence-electron chi connectivity index (χ2n) is 1.02. The van der Waals surface area contributed by atoms with Gasteiger partial charge in [0.2, 0.25) is 0 Å². The van der Waals surface area contributed by atoms with Crippen molar-refractivity contribution in [2.75, 3.05) is 7.05 Å². The molecule has 0 radical (unpaired) electrons. The van der Waals surface area contributed by atoms with E-state index in [-0.39, 0.29) is 0 Å². The third kappa shape index (κ3) is 15.7. The van der Waals surface area contributed by atoms with Gasteiger partial charge in [-0.2, -0.15) is 10.2 Å². The molecule has 0 aromatic rings. The van der Waals surface area contributed by atoms with E-state index >= 15 is 0 Å². The molecule has 0 aliphatic carbocycles. The molecule has 0 aromatic carbocycles. The summed E-state index contributed by atoms with van der Waals surface area (Å²) in [5.74, 6) is 0. The average molecular weight is 141 g/mol. The van der Waals surface area contributed by atoms with Crippen molar-refractivity contribution >= 4 is 6.21 Å². The molecule has 0 saturated carbocycles. The van der Waals surface area contributed by atoms with Crippen LogP contribution in [-0.4, -0.2) is 13.3 Å². The third-order valence-electron chi connectivity index (χ3n) is 0.484. The zero-order chi connectivity index (χ0) is 8.24. The van der Waals surface area contributed by atoms with Gasteiger partial charge in [0.05, 0.1) is 6.20 Å². The van der Waals surface area contributed by atoms with Gasteiger partial charge in [-0.3, -0.25) is 4.99 Å². The Bertz CT molecular complexity index is 100. The van der Waals surface area contributed by atoms with Crippen LogP contribution in [0.5, 0.6) is 0 Å². The maximum Gasteiger partial charge on any atom is 0.0673 e. The highest BCUT2D eigenvalue weighted by Crippen LogP contribution is 1.75. The summed E-state index contributed by atoms with van der Waals surface area (Å²) in [5.41, 5.74) is 0. The summed E-state index contributed by atoms with van der Waals surface area (Å²) in [6.07, 6.45) is 4.79. The van der Waals surface area contributed by atoms with Crippen LogP contribution >= 0.6 is 0 Å². The second-order valence-corrected chi connectivity index (χ2v) is 1.02. The second kappa shape index (κ2) is 15.7. The Balaban J connectivity index is 0. The normalized spacial score (nSPS) is 10.8. The van der Waals surface area contributed by atoms with Crippen LogP contribution in [0.4, 0.5) is 0 Å². The van der Waals surface area contributed by atoms with Gasteiger partial charge in [-0.1, -0.05) is 13.8 Å². The summed E-state index contributed by atoms with van der Waals surface area (Å²) < 4.78 is 0. The minimum atomic E-state index is 1.53. The van der Waals surface area contributed by atoms with Crippen LogP contribution in [-0.2, 0) is 0 Å². The highest BCUT2D eigenvalue weighted by atomic mass is 15.1. The highest BCUT2D eigenvalue weighted by molar-refractivity contribution is 5.54. The Morgan fingerprint density at radius 1 is 1.10 bits per heavy atom. The first-order valence-electron chi connectivity index (χ1n) is 3.33. The van der Waals surface area contributed by atoms with Crippen molar-refractivity contribution in [3.05, 3.63) is 12.4 Å². The first-order chi connectivity index (χ1) is 4.91. The van der Waals surface area contributed by atoms with Gasteiger partial charge in [-0.15, -0.1) is 0 Å². The predicted molar refractivity (Wildman–Crippen MR) is 45.4 cm³/mol. The largest absolute Gasteiger partial charge is 0.268 e. The molecular weight excluding hydrogens is 126 g/mol. The fourth-order valence-electron chi connectivity index (χ4n) is 0.221. The van der Waals surface area contributed by atoms with Crippen LogP contribution < -0.4 is 0 Å². The molecule has 0 saturated heterocycles. The lowest BCUT2D eigenvalue weighted by Crippen LogP contribution is -1.52. The number of hydrogen-bond donors (Lipinski definition) is 0. The maximum atomic E-state index is 3.75. The van der Waals surface area contributed by atoms with E-state index in [0.29, 0.717) is 0 Å². The number of aliphatic imine (C=N–C) groups is 1. The Kier molecular flexibility index (Phi) is 18.4. The Morgan fingerprint density at radius 2 is 1.70 bits per heavy atom. The van der Waals surface area contributed by atoms with Crippen molar-refractivity contribution in [3.63, 3.8) is 0 Å². The van der Waals surface area contributed by atoms with Crippen LogP contribution in [0.15, 0.2) is 27.6 Å². The summed E-state index contributed by atoms with van der Waals surface area (Å²) in [4.78, 5) is 3.75. The molecule has 3 heteroatoms. The van der Waals surface area contributed by atoms with Crippen LogP contribution in [0, 0.1) is 0 Å². The van der Waals surface area contributed by atoms with Gasteiger partial charge in [-0.05, 0) is 6.92 Å². The van der Waals surface area contributed by atoms with E-state index in [4.69, 9.17) is 0 Å². The summed E-state index contributed by atoms with van der Waals surface area (Å²) in [6, 6.07) is 0. The molecule has 10 heavy (non-hydrogen) atoms. The molecule has 0 fully saturated rings. The van der Waals surface area contributed by atoms with Gasteiger partial charge in [-0.25, -0.2) is 0 Å². The summed E-state index contributed by atoms with van der Waals surface area (Å²) in [6.45, 7) is 5.84. The van der Waals surface area contributed by atoms with Gasteiger partial charge < -0.3 is 0 Å². The number of nitrogens with zero attached hydrogens (tertiary/aromatic N) is 3. The summed E-state index contributed by atoms with van der Waals surface area (Å²) in [5, 5.41) is 7.01. The molecule has 0 spiro atoms. The molecule has 0 heterocycles. The molecule has 0 rings (SSSR count). The molecule has 0 aliphatic heterocycles. The van der Waals surface area contributed by atoms with Crippen LogP contribution in [0.2, 0.25) is 0 Å². The number of hydrogen-bond acceptors (Lipinski definition) is 3. The monoisotopic (exact) mass is 141 g/mol. The zero-order valence-electron chi connectivity index (χ0n) is 7.07. The van der Waals surface area contributed by atoms with E-state index in [1.165, 1.54) is 6.20 Å². The predicted octanol–water partition coefficient (Wildman–Crippen LogP) is 2.66. The lowest BCUT2D eigenvalue weighted by molar-refractivity contribution is 1.16. The Labute approximate surface area is 62.6 Å². The molecule has 3 nitrogen and oxygen atoms in total. The first kappa shape index (κ1) is 11.8. The fourth-order valence-corrected chi connectivity index (χ4v) is 0.221. The molecule has 0 unspecified atom stereocenters. The average Bonchev–Trinajstić information content (AvgIpc) is 2.02.